The number of hydrogen-bond donors (Lipinski definition) is 0. The number of ether oxygens (including phenoxy) is 1. The minimum atomic E-state index is 0.0631. The molecule has 1 fully saturated rings. The highest BCUT2D eigenvalue weighted by Gasteiger charge is 2.24. The second-order valence-corrected chi connectivity index (χ2v) is 8.35. The Morgan fingerprint density at radius 3 is 2.45 bits per heavy atom. The summed E-state index contributed by atoms with van der Waals surface area (Å²) in [5, 5.41) is 2.31. The van der Waals surface area contributed by atoms with Crippen molar-refractivity contribution in [3.63, 3.8) is 0 Å². The van der Waals surface area contributed by atoms with Gasteiger partial charge in [0.2, 0.25) is 5.89 Å². The Labute approximate surface area is 193 Å². The third-order valence-electron chi connectivity index (χ3n) is 6.28. The van der Waals surface area contributed by atoms with Crippen molar-refractivity contribution in [3.8, 4) is 17.2 Å². The lowest BCUT2D eigenvalue weighted by Gasteiger charge is -2.34. The van der Waals surface area contributed by atoms with Crippen molar-refractivity contribution in [2.24, 2.45) is 0 Å². The average molecular weight is 442 g/mol. The fourth-order valence-corrected chi connectivity index (χ4v) is 4.34. The van der Waals surface area contributed by atoms with Crippen molar-refractivity contribution < 1.29 is 13.9 Å². The summed E-state index contributed by atoms with van der Waals surface area (Å²) in [5.74, 6) is 2.32. The molecule has 0 unspecified atom stereocenters. The number of nitrogens with zero attached hydrogens (tertiary/aromatic N) is 3. The van der Waals surface area contributed by atoms with Crippen LogP contribution >= 0.6 is 0 Å². The molecule has 1 amide bonds. The maximum absolute atomic E-state index is 12.8. The van der Waals surface area contributed by atoms with Crippen LogP contribution in [0.15, 0.2) is 71.1 Å². The fourth-order valence-electron chi connectivity index (χ4n) is 4.34. The zero-order chi connectivity index (χ0) is 22.8. The van der Waals surface area contributed by atoms with Crippen LogP contribution in [0.4, 0.5) is 0 Å². The van der Waals surface area contributed by atoms with Gasteiger partial charge in [-0.2, -0.15) is 0 Å². The Morgan fingerprint density at radius 1 is 0.970 bits per heavy atom. The van der Waals surface area contributed by atoms with Crippen LogP contribution in [0, 0.1) is 6.92 Å². The van der Waals surface area contributed by atoms with Gasteiger partial charge >= 0.3 is 0 Å². The number of aromatic nitrogens is 1. The van der Waals surface area contributed by atoms with E-state index in [1.807, 2.05) is 54.3 Å². The molecule has 1 aliphatic rings. The molecule has 1 aliphatic heterocycles. The van der Waals surface area contributed by atoms with Gasteiger partial charge in [0.25, 0.3) is 5.91 Å². The molecule has 6 heteroatoms. The van der Waals surface area contributed by atoms with Gasteiger partial charge < -0.3 is 14.1 Å². The lowest BCUT2D eigenvalue weighted by atomic mass is 10.0. The van der Waals surface area contributed by atoms with Crippen molar-refractivity contribution in [1.82, 2.24) is 14.8 Å². The summed E-state index contributed by atoms with van der Waals surface area (Å²) < 4.78 is 11.3. The maximum atomic E-state index is 12.8. The van der Waals surface area contributed by atoms with Gasteiger partial charge in [0.15, 0.2) is 0 Å². The number of fused-ring (bicyclic) bond motifs is 1. The van der Waals surface area contributed by atoms with E-state index in [0.717, 1.165) is 41.2 Å². The second kappa shape index (κ2) is 9.08. The number of aryl methyl sites for hydroxylation is 1. The summed E-state index contributed by atoms with van der Waals surface area (Å²) in [6, 6.07) is 21.8. The molecule has 0 saturated carbocycles. The molecule has 3 aromatic carbocycles. The van der Waals surface area contributed by atoms with Crippen LogP contribution < -0.4 is 4.74 Å². The summed E-state index contributed by atoms with van der Waals surface area (Å²) in [4.78, 5) is 21.9. The van der Waals surface area contributed by atoms with Crippen LogP contribution in [0.25, 0.3) is 22.2 Å². The van der Waals surface area contributed by atoms with E-state index in [-0.39, 0.29) is 5.91 Å². The molecule has 0 bridgehead atoms. The summed E-state index contributed by atoms with van der Waals surface area (Å²) >= 11 is 0. The van der Waals surface area contributed by atoms with Crippen molar-refractivity contribution in [2.45, 2.75) is 13.5 Å². The number of rotatable bonds is 5. The number of carbonyl (C=O) groups excluding carboxylic acids is 1. The molecule has 1 saturated heterocycles. The van der Waals surface area contributed by atoms with Crippen molar-refractivity contribution >= 4 is 16.7 Å². The molecule has 5 rings (SSSR count). The fraction of sp³-hybridized carbons (Fsp3) is 0.259. The number of carbonyl (C=O) groups is 1. The molecule has 0 atom stereocenters. The van der Waals surface area contributed by atoms with Crippen LogP contribution in [-0.2, 0) is 6.54 Å². The minimum Gasteiger partial charge on any atom is -0.497 e. The molecule has 4 aromatic rings. The van der Waals surface area contributed by atoms with Crippen molar-refractivity contribution in [3.05, 3.63) is 83.7 Å². The molecular formula is C27H27N3O3. The normalized spacial score (nSPS) is 14.5. The molecule has 6 nitrogen and oxygen atoms in total. The van der Waals surface area contributed by atoms with Gasteiger partial charge in [0.1, 0.15) is 11.5 Å². The number of methoxy groups -OCH3 is 1. The summed E-state index contributed by atoms with van der Waals surface area (Å²) in [7, 11) is 1.62. The van der Waals surface area contributed by atoms with Crippen molar-refractivity contribution in [2.75, 3.05) is 33.3 Å². The van der Waals surface area contributed by atoms with E-state index in [1.54, 1.807) is 7.11 Å². The first kappa shape index (κ1) is 21.2. The molecule has 1 aromatic heterocycles. The number of hydrogen-bond acceptors (Lipinski definition) is 5. The summed E-state index contributed by atoms with van der Waals surface area (Å²) in [6.07, 6.45) is 0. The lowest BCUT2D eigenvalue weighted by molar-refractivity contribution is 0.0626. The minimum absolute atomic E-state index is 0.0631. The van der Waals surface area contributed by atoms with E-state index in [4.69, 9.17) is 14.1 Å². The van der Waals surface area contributed by atoms with E-state index < -0.39 is 0 Å². The number of benzene rings is 3. The van der Waals surface area contributed by atoms with Gasteiger partial charge in [0.05, 0.1) is 12.8 Å². The van der Waals surface area contributed by atoms with Gasteiger partial charge in [0, 0.05) is 43.9 Å². The first-order valence-corrected chi connectivity index (χ1v) is 11.2. The predicted molar refractivity (Wildman–Crippen MR) is 128 cm³/mol. The van der Waals surface area contributed by atoms with Gasteiger partial charge in [-0.05, 0) is 48.0 Å². The number of oxazole rings is 1. The number of amides is 1. The Kier molecular flexibility index (Phi) is 5.84. The monoisotopic (exact) mass is 441 g/mol. The Morgan fingerprint density at radius 2 is 1.70 bits per heavy atom. The SMILES string of the molecule is COc1ccc(C(=O)N2CCN(Cc3nc(-c4cccc5ccccc45)oc3C)CC2)cc1. The van der Waals surface area contributed by atoms with Gasteiger partial charge in [-0.15, -0.1) is 0 Å². The average Bonchev–Trinajstić information content (AvgIpc) is 3.23. The topological polar surface area (TPSA) is 58.8 Å². The largest absolute Gasteiger partial charge is 0.497 e. The van der Waals surface area contributed by atoms with Gasteiger partial charge in [-0.1, -0.05) is 36.4 Å². The second-order valence-electron chi connectivity index (χ2n) is 8.35. The van der Waals surface area contributed by atoms with E-state index in [2.05, 4.69) is 29.2 Å². The molecular weight excluding hydrogens is 414 g/mol. The molecule has 0 N–H and O–H groups in total. The molecule has 0 radical (unpaired) electrons. The third-order valence-corrected chi connectivity index (χ3v) is 6.28. The molecule has 168 valence electrons. The van der Waals surface area contributed by atoms with E-state index in [0.29, 0.717) is 31.1 Å². The zero-order valence-corrected chi connectivity index (χ0v) is 19.0. The van der Waals surface area contributed by atoms with Crippen LogP contribution in [-0.4, -0.2) is 54.0 Å². The number of piperazine rings is 1. The molecule has 33 heavy (non-hydrogen) atoms. The zero-order valence-electron chi connectivity index (χ0n) is 19.0. The van der Waals surface area contributed by atoms with Gasteiger partial charge in [-0.25, -0.2) is 4.98 Å². The quantitative estimate of drug-likeness (QED) is 0.447. The third kappa shape index (κ3) is 4.34. The Hall–Kier alpha value is -3.64. The van der Waals surface area contributed by atoms with E-state index >= 15 is 0 Å². The van der Waals surface area contributed by atoms with Crippen LogP contribution in [0.1, 0.15) is 21.8 Å². The Bertz CT molecular complexity index is 1270. The Balaban J connectivity index is 1.25. The van der Waals surface area contributed by atoms with Crippen LogP contribution in [0.2, 0.25) is 0 Å². The van der Waals surface area contributed by atoms with Crippen LogP contribution in [0.5, 0.6) is 5.75 Å². The summed E-state index contributed by atoms with van der Waals surface area (Å²) in [6.45, 7) is 5.68. The van der Waals surface area contributed by atoms with Gasteiger partial charge in [-0.3, -0.25) is 9.69 Å². The van der Waals surface area contributed by atoms with E-state index in [1.165, 1.54) is 5.39 Å². The first-order valence-electron chi connectivity index (χ1n) is 11.2. The first-order chi connectivity index (χ1) is 16.1. The highest BCUT2D eigenvalue weighted by molar-refractivity contribution is 5.95. The maximum Gasteiger partial charge on any atom is 0.253 e. The molecule has 2 heterocycles. The molecule has 0 spiro atoms. The van der Waals surface area contributed by atoms with Crippen LogP contribution in [0.3, 0.4) is 0 Å². The standard InChI is InChI=1S/C27H27N3O3/c1-19-25(28-26(33-19)24-9-5-7-20-6-3-4-8-23(20)24)18-29-14-16-30(17-15-29)27(31)21-10-12-22(32-2)13-11-21/h3-13H,14-18H2,1-2H3. The van der Waals surface area contributed by atoms with E-state index in [9.17, 15) is 4.79 Å². The van der Waals surface area contributed by atoms with Crippen molar-refractivity contribution in [1.29, 1.82) is 0 Å². The lowest BCUT2D eigenvalue weighted by Crippen LogP contribution is -2.48. The highest BCUT2D eigenvalue weighted by atomic mass is 16.5. The smallest absolute Gasteiger partial charge is 0.253 e. The molecule has 0 aliphatic carbocycles. The summed E-state index contributed by atoms with van der Waals surface area (Å²) in [5.41, 5.74) is 2.65. The highest BCUT2D eigenvalue weighted by Crippen LogP contribution is 2.29. The predicted octanol–water partition coefficient (Wildman–Crippen LogP) is 4.77.